The van der Waals surface area contributed by atoms with E-state index in [-0.39, 0.29) is 25.7 Å². The van der Waals surface area contributed by atoms with Crippen molar-refractivity contribution in [2.45, 2.75) is 180 Å². The molecule has 3 atom stereocenters. The van der Waals surface area contributed by atoms with Gasteiger partial charge in [0.05, 0.1) is 25.4 Å². The van der Waals surface area contributed by atoms with E-state index >= 15 is 0 Å². The van der Waals surface area contributed by atoms with Gasteiger partial charge >= 0.3 is 7.82 Å². The number of nitrogens with two attached hydrogens (primary N) is 1. The normalized spacial score (nSPS) is 14.8. The van der Waals surface area contributed by atoms with Gasteiger partial charge in [0, 0.05) is 13.0 Å². The molecule has 0 bridgehead atoms. The highest BCUT2D eigenvalue weighted by atomic mass is 31.2. The Morgan fingerprint density at radius 1 is 0.647 bits per heavy atom. The van der Waals surface area contributed by atoms with E-state index in [9.17, 15) is 19.4 Å². The summed E-state index contributed by atoms with van der Waals surface area (Å²) in [4.78, 5) is 22.6. The lowest BCUT2D eigenvalue weighted by molar-refractivity contribution is -0.123. The van der Waals surface area contributed by atoms with E-state index in [4.69, 9.17) is 14.8 Å². The fourth-order valence-corrected chi connectivity index (χ4v) is 6.19. The summed E-state index contributed by atoms with van der Waals surface area (Å²) in [5.41, 5.74) is 5.36. The van der Waals surface area contributed by atoms with Crippen LogP contribution in [0.3, 0.4) is 0 Å². The van der Waals surface area contributed by atoms with Crippen LogP contribution in [0, 0.1) is 0 Å². The van der Waals surface area contributed by atoms with Gasteiger partial charge in [0.2, 0.25) is 5.91 Å². The minimum Gasteiger partial charge on any atom is -0.387 e. The Morgan fingerprint density at radius 2 is 1.10 bits per heavy atom. The second kappa shape index (κ2) is 37.9. The summed E-state index contributed by atoms with van der Waals surface area (Å²) < 4.78 is 22.1. The maximum absolute atomic E-state index is 12.7. The molecule has 5 N–H and O–H groups in total. The predicted octanol–water partition coefficient (Wildman–Crippen LogP) is 11.1. The number of rotatable bonds is 37. The first-order valence-electron chi connectivity index (χ1n) is 20.4. The molecule has 0 rings (SSSR count). The van der Waals surface area contributed by atoms with Crippen molar-refractivity contribution in [3.05, 3.63) is 60.8 Å². The van der Waals surface area contributed by atoms with Crippen molar-refractivity contribution in [1.82, 2.24) is 5.32 Å². The van der Waals surface area contributed by atoms with Gasteiger partial charge in [-0.1, -0.05) is 145 Å². The second-order valence-corrected chi connectivity index (χ2v) is 14.9. The third-order valence-corrected chi connectivity index (χ3v) is 9.53. The monoisotopic (exact) mass is 737 g/mol. The fraction of sp³-hybridized carbons (Fsp3) is 0.738. The minimum atomic E-state index is -4.35. The predicted molar refractivity (Wildman–Crippen MR) is 217 cm³/mol. The molecule has 3 unspecified atom stereocenters. The summed E-state index contributed by atoms with van der Waals surface area (Å²) in [5, 5.41) is 13.6. The van der Waals surface area contributed by atoms with Crippen LogP contribution in [0.2, 0.25) is 0 Å². The Morgan fingerprint density at radius 3 is 1.67 bits per heavy atom. The first-order chi connectivity index (χ1) is 24.9. The molecule has 51 heavy (non-hydrogen) atoms. The highest BCUT2D eigenvalue weighted by Crippen LogP contribution is 2.43. The van der Waals surface area contributed by atoms with Gasteiger partial charge in [-0.25, -0.2) is 4.57 Å². The molecule has 0 aliphatic rings. The van der Waals surface area contributed by atoms with Crippen molar-refractivity contribution >= 4 is 13.7 Å². The summed E-state index contributed by atoms with van der Waals surface area (Å²) in [6, 6.07) is -0.892. The van der Waals surface area contributed by atoms with E-state index < -0.39 is 20.0 Å². The number of unbranched alkanes of at least 4 members (excludes halogenated alkanes) is 17. The van der Waals surface area contributed by atoms with Crippen LogP contribution in [0.25, 0.3) is 0 Å². The van der Waals surface area contributed by atoms with Gasteiger partial charge in [0.1, 0.15) is 0 Å². The number of nitrogens with one attached hydrogen (secondary N) is 1. The molecule has 1 amide bonds. The molecule has 0 fully saturated rings. The number of phosphoric acid groups is 1. The molecule has 8 nitrogen and oxygen atoms in total. The van der Waals surface area contributed by atoms with Crippen molar-refractivity contribution < 1.29 is 28.4 Å². The smallest absolute Gasteiger partial charge is 0.387 e. The lowest BCUT2D eigenvalue weighted by Gasteiger charge is -2.23. The van der Waals surface area contributed by atoms with Gasteiger partial charge in [-0.2, -0.15) is 0 Å². The molecule has 0 saturated heterocycles. The second-order valence-electron chi connectivity index (χ2n) is 13.5. The van der Waals surface area contributed by atoms with Crippen molar-refractivity contribution in [1.29, 1.82) is 0 Å². The topological polar surface area (TPSA) is 131 Å². The van der Waals surface area contributed by atoms with Crippen molar-refractivity contribution in [3.8, 4) is 0 Å². The van der Waals surface area contributed by atoms with Crippen LogP contribution in [-0.4, -0.2) is 47.8 Å². The molecule has 0 aromatic heterocycles. The van der Waals surface area contributed by atoms with Crippen LogP contribution < -0.4 is 11.1 Å². The Labute approximate surface area is 313 Å². The molecule has 0 aromatic rings. The first kappa shape index (κ1) is 49.2. The number of carbonyl (C=O) groups excluding carboxylic acids is 1. The quantitative estimate of drug-likeness (QED) is 0.0284. The number of carbonyl (C=O) groups is 1. The number of phosphoric ester groups is 1. The van der Waals surface area contributed by atoms with Crippen molar-refractivity contribution in [3.63, 3.8) is 0 Å². The van der Waals surface area contributed by atoms with Gasteiger partial charge in [0.15, 0.2) is 0 Å². The van der Waals surface area contributed by atoms with Gasteiger partial charge in [-0.05, 0) is 77.0 Å². The van der Waals surface area contributed by atoms with Gasteiger partial charge in [-0.15, -0.1) is 0 Å². The largest absolute Gasteiger partial charge is 0.472 e. The van der Waals surface area contributed by atoms with E-state index in [0.29, 0.717) is 6.42 Å². The van der Waals surface area contributed by atoms with Gasteiger partial charge in [0.25, 0.3) is 0 Å². The van der Waals surface area contributed by atoms with Crippen molar-refractivity contribution in [2.75, 3.05) is 19.8 Å². The van der Waals surface area contributed by atoms with E-state index in [2.05, 4.69) is 67.8 Å². The molecule has 0 radical (unpaired) electrons. The number of aliphatic hydroxyl groups is 1. The number of allylic oxidation sites excluding steroid dienone is 9. The molecule has 0 spiro atoms. The molecule has 0 heterocycles. The lowest BCUT2D eigenvalue weighted by Crippen LogP contribution is -2.45. The first-order valence-corrected chi connectivity index (χ1v) is 21.9. The van der Waals surface area contributed by atoms with Crippen LogP contribution in [0.1, 0.15) is 168 Å². The fourth-order valence-electron chi connectivity index (χ4n) is 5.43. The summed E-state index contributed by atoms with van der Waals surface area (Å²) in [5.74, 6) is -0.225. The summed E-state index contributed by atoms with van der Waals surface area (Å²) >= 11 is 0. The van der Waals surface area contributed by atoms with Crippen molar-refractivity contribution in [2.24, 2.45) is 5.73 Å². The van der Waals surface area contributed by atoms with Crippen LogP contribution >= 0.6 is 7.82 Å². The Kier molecular flexibility index (Phi) is 36.6. The summed E-state index contributed by atoms with van der Waals surface area (Å²) in [6.45, 7) is 4.04. The zero-order valence-corrected chi connectivity index (χ0v) is 33.5. The average molecular weight is 737 g/mol. The maximum atomic E-state index is 12.7. The molecule has 0 aliphatic carbocycles. The van der Waals surface area contributed by atoms with E-state index in [1.54, 1.807) is 6.08 Å². The van der Waals surface area contributed by atoms with Crippen LogP contribution in [-0.2, 0) is 18.4 Å². The highest BCUT2D eigenvalue weighted by Gasteiger charge is 2.26. The molecular formula is C42H77N2O6P. The minimum absolute atomic E-state index is 0.0669. The average Bonchev–Trinajstić information content (AvgIpc) is 3.12. The molecule has 0 saturated carbocycles. The molecular weight excluding hydrogens is 659 g/mol. The number of hydrogen-bond acceptors (Lipinski definition) is 6. The van der Waals surface area contributed by atoms with E-state index in [1.807, 2.05) is 6.08 Å². The van der Waals surface area contributed by atoms with Crippen LogP contribution in [0.4, 0.5) is 0 Å². The zero-order valence-electron chi connectivity index (χ0n) is 32.6. The van der Waals surface area contributed by atoms with Crippen LogP contribution in [0.5, 0.6) is 0 Å². The lowest BCUT2D eigenvalue weighted by atomic mass is 10.1. The Bertz CT molecular complexity index is 980. The van der Waals surface area contributed by atoms with Crippen LogP contribution in [0.15, 0.2) is 60.8 Å². The van der Waals surface area contributed by atoms with Gasteiger partial charge in [-0.3, -0.25) is 13.8 Å². The van der Waals surface area contributed by atoms with Gasteiger partial charge < -0.3 is 21.1 Å². The SMILES string of the molecule is CCCCC/C=C\C/C=C\CCCCCCCC(=O)NC(COP(=O)(O)OCCN)C(O)/C=C/CC/C=C/CC/C=C/CCCCCCCCC. The standard InChI is InChI=1S/C42H77N2O6P/c1-3-5-7-9-11-13-15-17-19-20-22-23-25-27-29-31-33-35-41(45)40(39-50-51(47,48)49-38-37-43)44-42(46)36-34-32-30-28-26-24-21-18-16-14-12-10-8-6-4-2/h12,14,18-21,25,27,33,35,40-41,45H,3-11,13,15-17,22-24,26,28-32,34,36-39,43H2,1-2H3,(H,44,46)(H,47,48)/b14-12-,20-19+,21-18-,27-25+,35-33+. The zero-order chi connectivity index (χ0) is 37.5. The van der Waals surface area contributed by atoms with E-state index in [0.717, 1.165) is 70.6 Å². The molecule has 0 aromatic carbocycles. The third-order valence-electron chi connectivity index (χ3n) is 8.54. The third kappa shape index (κ3) is 36.4. The highest BCUT2D eigenvalue weighted by molar-refractivity contribution is 7.47. The summed E-state index contributed by atoms with van der Waals surface area (Å²) in [6.07, 6.45) is 46.9. The number of amides is 1. The maximum Gasteiger partial charge on any atom is 0.472 e. The van der Waals surface area contributed by atoms with E-state index in [1.165, 1.54) is 77.0 Å². The Hall–Kier alpha value is -1.80. The Balaban J connectivity index is 4.39. The number of hydrogen-bond donors (Lipinski definition) is 4. The molecule has 0 aliphatic heterocycles. The number of aliphatic hydroxyl groups excluding tert-OH is 1. The summed E-state index contributed by atoms with van der Waals surface area (Å²) in [7, 11) is -4.35. The molecule has 9 heteroatoms. The molecule has 296 valence electrons.